The maximum Gasteiger partial charge on any atom is 0.490 e. The fourth-order valence-electron chi connectivity index (χ4n) is 4.98. The van der Waals surface area contributed by atoms with E-state index in [9.17, 15) is 21.6 Å². The summed E-state index contributed by atoms with van der Waals surface area (Å²) in [6.07, 6.45) is 5.43. The lowest BCUT2D eigenvalue weighted by atomic mass is 9.77. The predicted molar refractivity (Wildman–Crippen MR) is 146 cm³/mol. The Morgan fingerprint density at radius 2 is 1.83 bits per heavy atom. The lowest BCUT2D eigenvalue weighted by molar-refractivity contribution is -0.192. The SMILES string of the molecule is Cn1cnc(S(=O)(=O)NCc2ccc3c(c2)C(Cc2ccccc2)C(CCCC2CC2)CO3)c1.O=C(O)C(F)(F)F. The quantitative estimate of drug-likeness (QED) is 0.324. The summed E-state index contributed by atoms with van der Waals surface area (Å²) in [5.74, 6) is -0.0593. The molecule has 8 nitrogen and oxygen atoms in total. The van der Waals surface area contributed by atoms with E-state index in [1.165, 1.54) is 55.8 Å². The van der Waals surface area contributed by atoms with Crippen molar-refractivity contribution in [2.45, 2.75) is 62.2 Å². The topological polar surface area (TPSA) is 111 Å². The average Bonchev–Trinajstić information content (AvgIpc) is 3.65. The number of carboxylic acids is 1. The van der Waals surface area contributed by atoms with Gasteiger partial charge in [-0.1, -0.05) is 68.1 Å². The highest BCUT2D eigenvalue weighted by Crippen LogP contribution is 2.43. The number of sulfonamides is 1. The third kappa shape index (κ3) is 8.80. The number of carbonyl (C=O) groups is 1. The van der Waals surface area contributed by atoms with E-state index in [-0.39, 0.29) is 11.6 Å². The van der Waals surface area contributed by atoms with Gasteiger partial charge in [-0.25, -0.2) is 22.9 Å². The second kappa shape index (κ2) is 13.1. The Kier molecular flexibility index (Phi) is 9.75. The normalized spacial score (nSPS) is 18.5. The molecule has 41 heavy (non-hydrogen) atoms. The number of carboxylic acid groups (broad SMARTS) is 1. The van der Waals surface area contributed by atoms with E-state index in [0.29, 0.717) is 11.8 Å². The minimum absolute atomic E-state index is 0.0361. The van der Waals surface area contributed by atoms with Gasteiger partial charge in [0.15, 0.2) is 5.03 Å². The van der Waals surface area contributed by atoms with Crippen LogP contribution in [0.15, 0.2) is 66.1 Å². The number of fused-ring (bicyclic) bond motifs is 1. The summed E-state index contributed by atoms with van der Waals surface area (Å²) >= 11 is 0. The van der Waals surface area contributed by atoms with Gasteiger partial charge in [0.25, 0.3) is 10.0 Å². The first-order valence-electron chi connectivity index (χ1n) is 13.5. The third-order valence-corrected chi connectivity index (χ3v) is 8.63. The Labute approximate surface area is 237 Å². The molecule has 0 amide bonds. The second-order valence-corrected chi connectivity index (χ2v) is 12.3. The molecule has 1 fully saturated rings. The molecule has 0 saturated heterocycles. The van der Waals surface area contributed by atoms with Crippen LogP contribution in [0.5, 0.6) is 5.75 Å². The number of aliphatic carboxylic acids is 1. The minimum Gasteiger partial charge on any atom is -0.493 e. The summed E-state index contributed by atoms with van der Waals surface area (Å²) < 4.78 is 67.5. The lowest BCUT2D eigenvalue weighted by Gasteiger charge is -2.34. The van der Waals surface area contributed by atoms with Gasteiger partial charge in [-0.15, -0.1) is 0 Å². The van der Waals surface area contributed by atoms with Crippen molar-refractivity contribution in [2.75, 3.05) is 6.61 Å². The molecule has 2 unspecified atom stereocenters. The van der Waals surface area contributed by atoms with Gasteiger partial charge in [-0.3, -0.25) is 0 Å². The van der Waals surface area contributed by atoms with Crippen molar-refractivity contribution in [3.05, 3.63) is 77.7 Å². The van der Waals surface area contributed by atoms with Crippen molar-refractivity contribution < 1.29 is 36.2 Å². The lowest BCUT2D eigenvalue weighted by Crippen LogP contribution is -2.28. The van der Waals surface area contributed by atoms with Gasteiger partial charge in [0.05, 0.1) is 12.9 Å². The molecule has 0 spiro atoms. The molecule has 2 aromatic carbocycles. The number of nitrogens with one attached hydrogen (secondary N) is 1. The Bertz CT molecular complexity index is 1420. The van der Waals surface area contributed by atoms with Crippen molar-refractivity contribution in [1.82, 2.24) is 14.3 Å². The maximum atomic E-state index is 12.6. The molecule has 2 atom stereocenters. The first-order valence-corrected chi connectivity index (χ1v) is 15.0. The maximum absolute atomic E-state index is 12.6. The van der Waals surface area contributed by atoms with E-state index in [0.717, 1.165) is 30.3 Å². The zero-order valence-corrected chi connectivity index (χ0v) is 23.5. The minimum atomic E-state index is -5.08. The number of halogens is 3. The Morgan fingerprint density at radius 3 is 2.44 bits per heavy atom. The fraction of sp³-hybridized carbons (Fsp3) is 0.448. The summed E-state index contributed by atoms with van der Waals surface area (Å²) in [5, 5.41) is 7.16. The van der Waals surface area contributed by atoms with Crippen LogP contribution in [0, 0.1) is 11.8 Å². The third-order valence-electron chi connectivity index (χ3n) is 7.34. The molecule has 2 heterocycles. The van der Waals surface area contributed by atoms with Crippen LogP contribution in [0.2, 0.25) is 0 Å². The van der Waals surface area contributed by atoms with Gasteiger partial charge < -0.3 is 14.4 Å². The van der Waals surface area contributed by atoms with Crippen LogP contribution in [0.25, 0.3) is 0 Å². The van der Waals surface area contributed by atoms with Crippen molar-refractivity contribution in [3.8, 4) is 5.75 Å². The van der Waals surface area contributed by atoms with Gasteiger partial charge in [0.1, 0.15) is 5.75 Å². The smallest absolute Gasteiger partial charge is 0.490 e. The van der Waals surface area contributed by atoms with E-state index in [4.69, 9.17) is 14.6 Å². The molecule has 2 aliphatic rings. The standard InChI is InChI=1S/C27H33N3O3S.C2HF3O2/c1-30-17-27(28-19-30)34(31,32)29-16-22-12-13-26-25(15-22)24(14-21-6-3-2-4-7-21)23(18-33-26)9-5-8-20-10-11-20;3-2(4,5)1(6)7/h2-4,6-7,12-13,15,17,19-20,23-24,29H,5,8-11,14,16,18H2,1H3;(H,6,7). The molecule has 0 radical (unpaired) electrons. The number of ether oxygens (including phenoxy) is 1. The molecule has 1 aromatic heterocycles. The molecule has 1 aliphatic heterocycles. The predicted octanol–water partition coefficient (Wildman–Crippen LogP) is 5.45. The van der Waals surface area contributed by atoms with Gasteiger partial charge >= 0.3 is 12.1 Å². The number of aromatic nitrogens is 2. The number of alkyl halides is 3. The molecular formula is C29H34F3N3O5S. The Morgan fingerprint density at radius 1 is 1.12 bits per heavy atom. The highest BCUT2D eigenvalue weighted by molar-refractivity contribution is 7.89. The van der Waals surface area contributed by atoms with Crippen LogP contribution in [0.3, 0.4) is 0 Å². The van der Waals surface area contributed by atoms with Crippen molar-refractivity contribution in [3.63, 3.8) is 0 Å². The highest BCUT2D eigenvalue weighted by Gasteiger charge is 2.38. The number of aryl methyl sites for hydroxylation is 1. The van der Waals surface area contributed by atoms with E-state index < -0.39 is 22.2 Å². The van der Waals surface area contributed by atoms with Gasteiger partial charge in [-0.2, -0.15) is 13.2 Å². The van der Waals surface area contributed by atoms with E-state index in [1.54, 1.807) is 11.6 Å². The number of nitrogens with zero attached hydrogens (tertiary/aromatic N) is 2. The van der Waals surface area contributed by atoms with Gasteiger partial charge in [0.2, 0.25) is 0 Å². The van der Waals surface area contributed by atoms with Gasteiger partial charge in [0, 0.05) is 25.7 Å². The van der Waals surface area contributed by atoms with Crippen LogP contribution < -0.4 is 9.46 Å². The van der Waals surface area contributed by atoms with Crippen LogP contribution in [0.4, 0.5) is 13.2 Å². The number of imidazole rings is 1. The summed E-state index contributed by atoms with van der Waals surface area (Å²) in [7, 11) is -1.91. The molecule has 1 aliphatic carbocycles. The van der Waals surface area contributed by atoms with Crippen molar-refractivity contribution >= 4 is 16.0 Å². The average molecular weight is 594 g/mol. The Balaban J connectivity index is 0.000000493. The Hall–Kier alpha value is -3.38. The first kappa shape index (κ1) is 30.6. The van der Waals surface area contributed by atoms with Gasteiger partial charge in [-0.05, 0) is 47.4 Å². The fourth-order valence-corrected chi connectivity index (χ4v) is 5.98. The van der Waals surface area contributed by atoms with Crippen LogP contribution in [0.1, 0.15) is 54.7 Å². The number of hydrogen-bond donors (Lipinski definition) is 2. The number of hydrogen-bond acceptors (Lipinski definition) is 5. The summed E-state index contributed by atoms with van der Waals surface area (Å²) in [6.45, 7) is 0.970. The second-order valence-electron chi connectivity index (χ2n) is 10.6. The molecule has 12 heteroatoms. The molecule has 3 aromatic rings. The number of rotatable bonds is 10. The first-order chi connectivity index (χ1) is 19.4. The summed E-state index contributed by atoms with van der Waals surface area (Å²) in [6, 6.07) is 16.7. The van der Waals surface area contributed by atoms with Crippen molar-refractivity contribution in [1.29, 1.82) is 0 Å². The molecule has 5 rings (SSSR count). The van der Waals surface area contributed by atoms with E-state index >= 15 is 0 Å². The molecule has 1 saturated carbocycles. The summed E-state index contributed by atoms with van der Waals surface area (Å²) in [4.78, 5) is 12.9. The number of benzene rings is 2. The highest BCUT2D eigenvalue weighted by atomic mass is 32.2. The van der Waals surface area contributed by atoms with Crippen LogP contribution in [-0.2, 0) is 34.8 Å². The monoisotopic (exact) mass is 593 g/mol. The molecular weight excluding hydrogens is 559 g/mol. The van der Waals surface area contributed by atoms with Crippen molar-refractivity contribution in [2.24, 2.45) is 18.9 Å². The van der Waals surface area contributed by atoms with E-state index in [1.807, 2.05) is 12.1 Å². The molecule has 0 bridgehead atoms. The zero-order valence-electron chi connectivity index (χ0n) is 22.7. The summed E-state index contributed by atoms with van der Waals surface area (Å²) in [5.41, 5.74) is 3.45. The van der Waals surface area contributed by atoms with E-state index in [2.05, 4.69) is 46.1 Å². The molecule has 2 N–H and O–H groups in total. The van der Waals surface area contributed by atoms with Crippen LogP contribution in [-0.4, -0.2) is 41.8 Å². The zero-order chi connectivity index (χ0) is 29.6. The molecule has 222 valence electrons. The van der Waals surface area contributed by atoms with Crippen LogP contribution >= 0.6 is 0 Å². The largest absolute Gasteiger partial charge is 0.493 e.